The van der Waals surface area contributed by atoms with Crippen LogP contribution in [0.4, 0.5) is 20.4 Å². The van der Waals surface area contributed by atoms with Crippen molar-refractivity contribution in [2.24, 2.45) is 0 Å². The summed E-state index contributed by atoms with van der Waals surface area (Å²) in [5, 5.41) is 0. The average Bonchev–Trinajstić information content (AvgIpc) is 3.47. The summed E-state index contributed by atoms with van der Waals surface area (Å²) in [6.45, 7) is 0. The highest BCUT2D eigenvalue weighted by atomic mass is 19.1. The minimum atomic E-state index is -0.892. The number of aromatic nitrogens is 4. The Kier molecular flexibility index (Phi) is 4.14. The molecule has 2 aliphatic rings. The standard InChI is InChI=1S/C25H15F2N5O/c26-18-12-17(7-6-16-4-2-1-3-5-16)13-19(27)22(18)31-23(33)25(9-10-25)32-21(14-29-24(31)32)20-8-11-28-15-30-20/h1-5,8,11-15H,9-10H2. The summed E-state index contributed by atoms with van der Waals surface area (Å²) in [6.07, 6.45) is 5.68. The number of imidazole rings is 1. The number of hydrogen-bond acceptors (Lipinski definition) is 4. The van der Waals surface area contributed by atoms with Crippen molar-refractivity contribution in [3.63, 3.8) is 0 Å². The molecule has 8 heteroatoms. The maximum Gasteiger partial charge on any atom is 0.260 e. The van der Waals surface area contributed by atoms with E-state index < -0.39 is 28.8 Å². The third kappa shape index (κ3) is 2.93. The van der Waals surface area contributed by atoms with E-state index in [4.69, 9.17) is 0 Å². The molecule has 6 rings (SSSR count). The first-order chi connectivity index (χ1) is 16.1. The Morgan fingerprint density at radius 3 is 2.33 bits per heavy atom. The molecular formula is C25H15F2N5O. The topological polar surface area (TPSA) is 63.9 Å². The molecule has 0 N–H and O–H groups in total. The van der Waals surface area contributed by atoms with Crippen molar-refractivity contribution in [3.8, 4) is 23.2 Å². The summed E-state index contributed by atoms with van der Waals surface area (Å²) in [7, 11) is 0. The number of anilines is 2. The Bertz CT molecular complexity index is 1440. The van der Waals surface area contributed by atoms with E-state index in [1.54, 1.807) is 35.2 Å². The molecule has 1 fully saturated rings. The SMILES string of the molecule is O=C1N(c2c(F)cc(C#Cc3ccccc3)cc2F)c2ncc(-c3ccncn3)n2C12CC2. The van der Waals surface area contributed by atoms with Crippen molar-refractivity contribution in [3.05, 3.63) is 90.0 Å². The molecule has 0 atom stereocenters. The van der Waals surface area contributed by atoms with Crippen LogP contribution in [0.25, 0.3) is 11.4 Å². The van der Waals surface area contributed by atoms with E-state index in [-0.39, 0.29) is 11.5 Å². The molecule has 3 heterocycles. The smallest absolute Gasteiger partial charge is 0.260 e. The number of benzene rings is 2. The Morgan fingerprint density at radius 2 is 1.67 bits per heavy atom. The predicted octanol–water partition coefficient (Wildman–Crippen LogP) is 4.19. The van der Waals surface area contributed by atoms with Gasteiger partial charge in [-0.05, 0) is 43.2 Å². The highest BCUT2D eigenvalue weighted by molar-refractivity contribution is 6.09. The zero-order chi connectivity index (χ0) is 22.6. The molecule has 1 spiro atoms. The third-order valence-electron chi connectivity index (χ3n) is 5.91. The van der Waals surface area contributed by atoms with E-state index in [9.17, 15) is 4.79 Å². The molecule has 1 saturated carbocycles. The highest BCUT2D eigenvalue weighted by Gasteiger charge is 2.62. The number of amides is 1. The van der Waals surface area contributed by atoms with E-state index in [1.165, 1.54) is 6.33 Å². The summed E-state index contributed by atoms with van der Waals surface area (Å²) in [6, 6.07) is 13.1. The first-order valence-corrected chi connectivity index (χ1v) is 10.3. The molecule has 6 nitrogen and oxygen atoms in total. The summed E-state index contributed by atoms with van der Waals surface area (Å²) in [4.78, 5) is 26.9. The number of fused-ring (bicyclic) bond motifs is 2. The maximum absolute atomic E-state index is 15.2. The number of nitrogens with zero attached hydrogens (tertiary/aromatic N) is 5. The molecule has 4 aromatic rings. The van der Waals surface area contributed by atoms with Crippen molar-refractivity contribution in [1.82, 2.24) is 19.5 Å². The van der Waals surface area contributed by atoms with Gasteiger partial charge in [0.1, 0.15) is 17.6 Å². The van der Waals surface area contributed by atoms with E-state index in [0.29, 0.717) is 24.2 Å². The first kappa shape index (κ1) is 19.3. The van der Waals surface area contributed by atoms with Gasteiger partial charge in [-0.1, -0.05) is 30.0 Å². The molecular weight excluding hydrogens is 424 g/mol. The minimum absolute atomic E-state index is 0.173. The van der Waals surface area contributed by atoms with Crippen LogP contribution in [0, 0.1) is 23.5 Å². The lowest BCUT2D eigenvalue weighted by Gasteiger charge is -2.17. The number of carbonyl (C=O) groups is 1. The Morgan fingerprint density at radius 1 is 0.939 bits per heavy atom. The zero-order valence-corrected chi connectivity index (χ0v) is 17.2. The Hall–Kier alpha value is -4.38. The number of carbonyl (C=O) groups excluding carboxylic acids is 1. The number of halogens is 2. The van der Waals surface area contributed by atoms with Crippen molar-refractivity contribution in [2.75, 3.05) is 4.90 Å². The maximum atomic E-state index is 15.2. The van der Waals surface area contributed by atoms with Gasteiger partial charge in [0.25, 0.3) is 5.91 Å². The van der Waals surface area contributed by atoms with Gasteiger partial charge < -0.3 is 0 Å². The molecule has 33 heavy (non-hydrogen) atoms. The van der Waals surface area contributed by atoms with Crippen LogP contribution >= 0.6 is 0 Å². The zero-order valence-electron chi connectivity index (χ0n) is 17.2. The monoisotopic (exact) mass is 439 g/mol. The fourth-order valence-corrected chi connectivity index (χ4v) is 4.21. The molecule has 160 valence electrons. The molecule has 0 bridgehead atoms. The lowest BCUT2D eigenvalue weighted by molar-refractivity contribution is -0.120. The van der Waals surface area contributed by atoms with Gasteiger partial charge in [-0.3, -0.25) is 9.36 Å². The fraction of sp³-hybridized carbons (Fsp3) is 0.120. The average molecular weight is 439 g/mol. The third-order valence-corrected chi connectivity index (χ3v) is 5.91. The summed E-state index contributed by atoms with van der Waals surface area (Å²) < 4.78 is 32.1. The molecule has 2 aromatic heterocycles. The van der Waals surface area contributed by atoms with Gasteiger partial charge in [-0.25, -0.2) is 28.6 Å². The number of hydrogen-bond donors (Lipinski definition) is 0. The van der Waals surface area contributed by atoms with Gasteiger partial charge >= 0.3 is 0 Å². The molecule has 1 aliphatic carbocycles. The van der Waals surface area contributed by atoms with Crippen LogP contribution in [-0.2, 0) is 10.3 Å². The van der Waals surface area contributed by atoms with Gasteiger partial charge in [0.15, 0.2) is 11.6 Å². The summed E-state index contributed by atoms with van der Waals surface area (Å²) in [5.74, 6) is 3.67. The first-order valence-electron chi connectivity index (χ1n) is 10.3. The predicted molar refractivity (Wildman–Crippen MR) is 116 cm³/mol. The van der Waals surface area contributed by atoms with E-state index in [0.717, 1.165) is 22.6 Å². The number of rotatable bonds is 2. The lowest BCUT2D eigenvalue weighted by atomic mass is 10.1. The van der Waals surface area contributed by atoms with Crippen LogP contribution < -0.4 is 4.90 Å². The molecule has 0 radical (unpaired) electrons. The normalized spacial score (nSPS) is 15.3. The second kappa shape index (κ2) is 7.07. The Labute approximate surface area is 187 Å². The second-order valence-electron chi connectivity index (χ2n) is 7.95. The van der Waals surface area contributed by atoms with Crippen LogP contribution in [0.5, 0.6) is 0 Å². The van der Waals surface area contributed by atoms with E-state index in [1.807, 2.05) is 18.2 Å². The largest absolute Gasteiger partial charge is 0.293 e. The molecule has 2 aromatic carbocycles. The molecule has 0 saturated heterocycles. The van der Waals surface area contributed by atoms with Crippen LogP contribution in [0.1, 0.15) is 24.0 Å². The molecule has 1 aliphatic heterocycles. The van der Waals surface area contributed by atoms with E-state index >= 15 is 8.78 Å². The van der Waals surface area contributed by atoms with Crippen molar-refractivity contribution < 1.29 is 13.6 Å². The van der Waals surface area contributed by atoms with Crippen LogP contribution in [0.15, 0.2) is 67.3 Å². The van der Waals surface area contributed by atoms with Gasteiger partial charge in [0.05, 0.1) is 17.6 Å². The summed E-state index contributed by atoms with van der Waals surface area (Å²) >= 11 is 0. The fourth-order valence-electron chi connectivity index (χ4n) is 4.21. The second-order valence-corrected chi connectivity index (χ2v) is 7.95. The van der Waals surface area contributed by atoms with Gasteiger partial charge in [-0.15, -0.1) is 0 Å². The highest BCUT2D eigenvalue weighted by Crippen LogP contribution is 2.56. The van der Waals surface area contributed by atoms with Gasteiger partial charge in [0.2, 0.25) is 5.95 Å². The summed E-state index contributed by atoms with van der Waals surface area (Å²) in [5.41, 5.74) is 0.748. The van der Waals surface area contributed by atoms with Crippen LogP contribution in [0.2, 0.25) is 0 Å². The van der Waals surface area contributed by atoms with E-state index in [2.05, 4.69) is 26.8 Å². The van der Waals surface area contributed by atoms with Crippen molar-refractivity contribution >= 4 is 17.5 Å². The quantitative estimate of drug-likeness (QED) is 0.440. The lowest BCUT2D eigenvalue weighted by Crippen LogP contribution is -2.31. The minimum Gasteiger partial charge on any atom is -0.293 e. The Balaban J connectivity index is 1.44. The van der Waals surface area contributed by atoms with Crippen molar-refractivity contribution in [2.45, 2.75) is 18.4 Å². The van der Waals surface area contributed by atoms with Gasteiger partial charge in [0, 0.05) is 17.3 Å². The van der Waals surface area contributed by atoms with Crippen molar-refractivity contribution in [1.29, 1.82) is 0 Å². The molecule has 0 unspecified atom stereocenters. The van der Waals surface area contributed by atoms with Gasteiger partial charge in [-0.2, -0.15) is 0 Å². The molecule has 1 amide bonds. The van der Waals surface area contributed by atoms with Crippen LogP contribution in [0.3, 0.4) is 0 Å². The van der Waals surface area contributed by atoms with Crippen LogP contribution in [-0.4, -0.2) is 25.4 Å².